The molecule has 1 amide bonds. The molecule has 1 heterocycles. The molecule has 2 aromatic carbocycles. The molecule has 0 saturated heterocycles. The van der Waals surface area contributed by atoms with E-state index in [0.29, 0.717) is 24.2 Å². The lowest BCUT2D eigenvalue weighted by molar-refractivity contribution is 0.0945. The Hall–Kier alpha value is -2.95. The Morgan fingerprint density at radius 3 is 2.54 bits per heavy atom. The Morgan fingerprint density at radius 2 is 1.86 bits per heavy atom. The number of carbonyl (C=O) groups excluding carboxylic acids is 1. The summed E-state index contributed by atoms with van der Waals surface area (Å²) < 4.78 is 16.0. The van der Waals surface area contributed by atoms with Gasteiger partial charge in [0.1, 0.15) is 5.82 Å². The van der Waals surface area contributed by atoms with Gasteiger partial charge in [0.25, 0.3) is 5.91 Å². The van der Waals surface area contributed by atoms with E-state index in [9.17, 15) is 9.18 Å². The maximum atomic E-state index is 14.1. The average molecular weight is 379 g/mol. The van der Waals surface area contributed by atoms with Crippen LogP contribution in [0.5, 0.6) is 0 Å². The Bertz CT molecular complexity index is 991. The summed E-state index contributed by atoms with van der Waals surface area (Å²) in [5.74, 6) is -0.423. The van der Waals surface area contributed by atoms with Crippen LogP contribution in [-0.2, 0) is 12.0 Å². The molecule has 1 aromatic heterocycles. The first-order chi connectivity index (χ1) is 13.3. The van der Waals surface area contributed by atoms with E-state index >= 15 is 0 Å². The molecule has 0 fully saturated rings. The molecular weight excluding hydrogens is 353 g/mol. The molecule has 0 spiro atoms. The zero-order chi connectivity index (χ0) is 20.3. The molecule has 4 nitrogen and oxygen atoms in total. The smallest absolute Gasteiger partial charge is 0.251 e. The van der Waals surface area contributed by atoms with E-state index < -0.39 is 5.41 Å². The van der Waals surface area contributed by atoms with E-state index in [1.165, 1.54) is 6.07 Å². The highest BCUT2D eigenvalue weighted by Crippen LogP contribution is 2.25. The van der Waals surface area contributed by atoms with Crippen LogP contribution in [0.15, 0.2) is 54.6 Å². The summed E-state index contributed by atoms with van der Waals surface area (Å²) in [4.78, 5) is 12.7. The third kappa shape index (κ3) is 4.47. The molecule has 0 aliphatic heterocycles. The molecule has 0 aliphatic carbocycles. The molecular formula is C23H26FN3O. The number of halogens is 1. The molecule has 0 bridgehead atoms. The maximum absolute atomic E-state index is 14.1. The van der Waals surface area contributed by atoms with Gasteiger partial charge in [0, 0.05) is 23.2 Å². The quantitative estimate of drug-likeness (QED) is 0.690. The lowest BCUT2D eigenvalue weighted by atomic mass is 9.84. The van der Waals surface area contributed by atoms with Crippen LogP contribution in [0.1, 0.15) is 46.7 Å². The number of aromatic nitrogens is 2. The summed E-state index contributed by atoms with van der Waals surface area (Å²) >= 11 is 0. The fraction of sp³-hybridized carbons (Fsp3) is 0.304. The van der Waals surface area contributed by atoms with Gasteiger partial charge in [0.2, 0.25) is 0 Å². The van der Waals surface area contributed by atoms with E-state index in [4.69, 9.17) is 0 Å². The van der Waals surface area contributed by atoms with Crippen molar-refractivity contribution in [2.45, 2.75) is 39.7 Å². The molecule has 0 atom stereocenters. The van der Waals surface area contributed by atoms with Gasteiger partial charge < -0.3 is 5.32 Å². The van der Waals surface area contributed by atoms with Crippen LogP contribution in [-0.4, -0.2) is 22.2 Å². The molecule has 0 radical (unpaired) electrons. The lowest BCUT2D eigenvalue weighted by Gasteiger charge is -2.26. The second-order valence-corrected chi connectivity index (χ2v) is 7.83. The zero-order valence-corrected chi connectivity index (χ0v) is 16.8. The van der Waals surface area contributed by atoms with Gasteiger partial charge in [-0.3, -0.25) is 9.48 Å². The van der Waals surface area contributed by atoms with Crippen LogP contribution >= 0.6 is 0 Å². The highest BCUT2D eigenvalue weighted by atomic mass is 19.1. The van der Waals surface area contributed by atoms with Gasteiger partial charge in [0.05, 0.1) is 12.2 Å². The highest BCUT2D eigenvalue weighted by molar-refractivity contribution is 5.94. The van der Waals surface area contributed by atoms with Crippen molar-refractivity contribution in [3.8, 4) is 0 Å². The Kier molecular flexibility index (Phi) is 5.63. The summed E-state index contributed by atoms with van der Waals surface area (Å²) in [5, 5.41) is 7.41. The number of amides is 1. The van der Waals surface area contributed by atoms with Crippen molar-refractivity contribution in [3.63, 3.8) is 0 Å². The number of benzene rings is 2. The highest BCUT2D eigenvalue weighted by Gasteiger charge is 2.24. The van der Waals surface area contributed by atoms with Crippen molar-refractivity contribution < 1.29 is 9.18 Å². The fourth-order valence-corrected chi connectivity index (χ4v) is 3.33. The molecule has 5 heteroatoms. The first-order valence-electron chi connectivity index (χ1n) is 9.39. The van der Waals surface area contributed by atoms with E-state index in [1.807, 2.05) is 62.7 Å². The van der Waals surface area contributed by atoms with Crippen molar-refractivity contribution in [2.24, 2.45) is 0 Å². The van der Waals surface area contributed by atoms with E-state index in [0.717, 1.165) is 17.0 Å². The zero-order valence-electron chi connectivity index (χ0n) is 16.8. The van der Waals surface area contributed by atoms with Crippen molar-refractivity contribution in [3.05, 3.63) is 88.5 Å². The lowest BCUT2D eigenvalue weighted by Crippen LogP contribution is -2.37. The largest absolute Gasteiger partial charge is 0.351 e. The third-order valence-corrected chi connectivity index (χ3v) is 4.92. The number of nitrogens with zero attached hydrogens (tertiary/aromatic N) is 2. The standard InChI is InChI=1S/C23H26FN3O/c1-16-12-17(2)27(26-16)14-18-8-7-9-19(13-18)22(28)25-15-23(3,4)20-10-5-6-11-21(20)24/h5-13H,14-15H2,1-4H3,(H,25,28). The molecule has 1 N–H and O–H groups in total. The molecule has 3 aromatic rings. The van der Waals surface area contributed by atoms with Gasteiger partial charge in [-0.05, 0) is 49.2 Å². The number of rotatable bonds is 6. The minimum absolute atomic E-state index is 0.167. The number of hydrogen-bond acceptors (Lipinski definition) is 2. The summed E-state index contributed by atoms with van der Waals surface area (Å²) in [6.45, 7) is 8.78. The third-order valence-electron chi connectivity index (χ3n) is 4.92. The summed E-state index contributed by atoms with van der Waals surface area (Å²) in [7, 11) is 0. The molecule has 0 unspecified atom stereocenters. The molecule has 3 rings (SSSR count). The maximum Gasteiger partial charge on any atom is 0.251 e. The first kappa shape index (κ1) is 19.8. The summed E-state index contributed by atoms with van der Waals surface area (Å²) in [6.07, 6.45) is 0. The molecule has 28 heavy (non-hydrogen) atoms. The second kappa shape index (κ2) is 7.97. The van der Waals surface area contributed by atoms with Crippen LogP contribution in [0.25, 0.3) is 0 Å². The number of nitrogens with one attached hydrogen (secondary N) is 1. The van der Waals surface area contributed by atoms with Crippen LogP contribution in [0.4, 0.5) is 4.39 Å². The second-order valence-electron chi connectivity index (χ2n) is 7.83. The predicted octanol–water partition coefficient (Wildman–Crippen LogP) is 4.39. The van der Waals surface area contributed by atoms with Gasteiger partial charge in [-0.25, -0.2) is 4.39 Å². The van der Waals surface area contributed by atoms with Gasteiger partial charge in [-0.15, -0.1) is 0 Å². The monoisotopic (exact) mass is 379 g/mol. The van der Waals surface area contributed by atoms with Crippen LogP contribution in [0.3, 0.4) is 0 Å². The van der Waals surface area contributed by atoms with Crippen molar-refractivity contribution >= 4 is 5.91 Å². The van der Waals surface area contributed by atoms with E-state index in [-0.39, 0.29) is 11.7 Å². The number of aryl methyl sites for hydroxylation is 2. The molecule has 146 valence electrons. The SMILES string of the molecule is Cc1cc(C)n(Cc2cccc(C(=O)NCC(C)(C)c3ccccc3F)c2)n1. The van der Waals surface area contributed by atoms with Crippen molar-refractivity contribution in [1.82, 2.24) is 15.1 Å². The summed E-state index contributed by atoms with van der Waals surface area (Å²) in [5.41, 5.74) is 3.73. The van der Waals surface area contributed by atoms with Crippen LogP contribution < -0.4 is 5.32 Å². The Balaban J connectivity index is 1.69. The fourth-order valence-electron chi connectivity index (χ4n) is 3.33. The summed E-state index contributed by atoms with van der Waals surface area (Å²) in [6, 6.07) is 16.2. The topological polar surface area (TPSA) is 46.9 Å². The first-order valence-corrected chi connectivity index (χ1v) is 9.39. The Morgan fingerprint density at radius 1 is 1.11 bits per heavy atom. The Labute approximate surface area is 165 Å². The van der Waals surface area contributed by atoms with E-state index in [1.54, 1.807) is 18.2 Å². The van der Waals surface area contributed by atoms with Crippen molar-refractivity contribution in [1.29, 1.82) is 0 Å². The van der Waals surface area contributed by atoms with Gasteiger partial charge in [-0.1, -0.05) is 44.2 Å². The minimum atomic E-state index is -0.512. The van der Waals surface area contributed by atoms with Crippen molar-refractivity contribution in [2.75, 3.05) is 6.54 Å². The number of hydrogen-bond donors (Lipinski definition) is 1. The van der Waals surface area contributed by atoms with Crippen LogP contribution in [0, 0.1) is 19.7 Å². The average Bonchev–Trinajstić information content (AvgIpc) is 2.97. The van der Waals surface area contributed by atoms with Gasteiger partial charge >= 0.3 is 0 Å². The molecule has 0 aliphatic rings. The van der Waals surface area contributed by atoms with Gasteiger partial charge in [-0.2, -0.15) is 5.10 Å². The van der Waals surface area contributed by atoms with E-state index in [2.05, 4.69) is 10.4 Å². The van der Waals surface area contributed by atoms with Gasteiger partial charge in [0.15, 0.2) is 0 Å². The minimum Gasteiger partial charge on any atom is -0.351 e. The normalized spacial score (nSPS) is 11.5. The molecule has 0 saturated carbocycles. The number of carbonyl (C=O) groups is 1. The predicted molar refractivity (Wildman–Crippen MR) is 109 cm³/mol. The van der Waals surface area contributed by atoms with Crippen LogP contribution in [0.2, 0.25) is 0 Å².